The quantitative estimate of drug-likeness (QED) is 0.346. The van der Waals surface area contributed by atoms with Crippen LogP contribution in [0.5, 0.6) is 0 Å². The van der Waals surface area contributed by atoms with Crippen LogP contribution in [0.4, 0.5) is 0 Å². The lowest BCUT2D eigenvalue weighted by molar-refractivity contribution is -0.138. The van der Waals surface area contributed by atoms with E-state index < -0.39 is 12.0 Å². The molecule has 6 heteroatoms. The number of nitrogens with one attached hydrogen (secondary N) is 1. The van der Waals surface area contributed by atoms with Gasteiger partial charge in [-0.3, -0.25) is 4.79 Å². The molecule has 0 aromatic carbocycles. The Labute approximate surface area is 97.6 Å². The maximum atomic E-state index is 10.1. The standard InChI is InChI=1S/C6H13NO2.C4H13N3/c1-2-3-4-5(7)6(8)9;5-1-3-7-4-2-6/h5H,2-4,7H2,1H3,(H,8,9);7H,1-6H2. The molecule has 16 heavy (non-hydrogen) atoms. The Hall–Kier alpha value is -0.690. The van der Waals surface area contributed by atoms with Gasteiger partial charge in [0.05, 0.1) is 0 Å². The van der Waals surface area contributed by atoms with Gasteiger partial charge in [0.1, 0.15) is 6.04 Å². The van der Waals surface area contributed by atoms with E-state index in [0.717, 1.165) is 25.9 Å². The van der Waals surface area contributed by atoms with Gasteiger partial charge < -0.3 is 27.6 Å². The van der Waals surface area contributed by atoms with Crippen molar-refractivity contribution >= 4 is 5.97 Å². The third-order valence-electron chi connectivity index (χ3n) is 1.83. The van der Waals surface area contributed by atoms with E-state index in [0.29, 0.717) is 19.5 Å². The summed E-state index contributed by atoms with van der Waals surface area (Å²) in [6, 6.07) is -0.662. The minimum absolute atomic E-state index is 0.589. The molecule has 8 N–H and O–H groups in total. The molecule has 0 aliphatic heterocycles. The van der Waals surface area contributed by atoms with Crippen molar-refractivity contribution in [3.63, 3.8) is 0 Å². The van der Waals surface area contributed by atoms with Crippen molar-refractivity contribution in [2.45, 2.75) is 32.2 Å². The fourth-order valence-corrected chi connectivity index (χ4v) is 0.877. The molecule has 0 saturated heterocycles. The van der Waals surface area contributed by atoms with Crippen molar-refractivity contribution in [1.29, 1.82) is 0 Å². The monoisotopic (exact) mass is 234 g/mol. The average Bonchev–Trinajstić information content (AvgIpc) is 2.27. The number of carboxylic acid groups (broad SMARTS) is 1. The van der Waals surface area contributed by atoms with Crippen molar-refractivity contribution in [1.82, 2.24) is 5.32 Å². The largest absolute Gasteiger partial charge is 0.480 e. The first-order chi connectivity index (χ1) is 7.59. The van der Waals surface area contributed by atoms with Gasteiger partial charge in [-0.2, -0.15) is 0 Å². The summed E-state index contributed by atoms with van der Waals surface area (Å²) >= 11 is 0. The highest BCUT2D eigenvalue weighted by Crippen LogP contribution is 1.96. The van der Waals surface area contributed by atoms with Crippen LogP contribution in [0.3, 0.4) is 0 Å². The number of carbonyl (C=O) groups is 1. The molecule has 0 aliphatic carbocycles. The molecule has 0 aromatic rings. The molecule has 6 nitrogen and oxygen atoms in total. The number of hydrogen-bond donors (Lipinski definition) is 5. The van der Waals surface area contributed by atoms with Crippen LogP contribution in [0.2, 0.25) is 0 Å². The number of hydrogen-bond acceptors (Lipinski definition) is 5. The summed E-state index contributed by atoms with van der Waals surface area (Å²) < 4.78 is 0. The SMILES string of the molecule is CCCCC(N)C(=O)O.NCCNCCN. The van der Waals surface area contributed by atoms with E-state index in [2.05, 4.69) is 5.32 Å². The summed E-state index contributed by atoms with van der Waals surface area (Å²) in [7, 11) is 0. The van der Waals surface area contributed by atoms with Crippen LogP contribution in [0.1, 0.15) is 26.2 Å². The second-order valence-corrected chi connectivity index (χ2v) is 3.41. The van der Waals surface area contributed by atoms with Crippen molar-refractivity contribution in [2.24, 2.45) is 17.2 Å². The zero-order chi connectivity index (χ0) is 12.8. The van der Waals surface area contributed by atoms with Crippen LogP contribution in [0, 0.1) is 0 Å². The molecular formula is C10H26N4O2. The van der Waals surface area contributed by atoms with Crippen LogP contribution in [0.25, 0.3) is 0 Å². The third-order valence-corrected chi connectivity index (χ3v) is 1.83. The van der Waals surface area contributed by atoms with Gasteiger partial charge in [-0.05, 0) is 6.42 Å². The first kappa shape index (κ1) is 17.7. The number of nitrogens with two attached hydrogens (primary N) is 3. The van der Waals surface area contributed by atoms with Crippen LogP contribution in [-0.2, 0) is 4.79 Å². The van der Waals surface area contributed by atoms with Gasteiger partial charge in [0, 0.05) is 26.2 Å². The summed E-state index contributed by atoms with van der Waals surface area (Å²) in [5.41, 5.74) is 15.5. The predicted molar refractivity (Wildman–Crippen MR) is 66.1 cm³/mol. The van der Waals surface area contributed by atoms with Crippen molar-refractivity contribution in [2.75, 3.05) is 26.2 Å². The van der Waals surface area contributed by atoms with Gasteiger partial charge in [-0.25, -0.2) is 0 Å². The Kier molecular flexibility index (Phi) is 15.8. The van der Waals surface area contributed by atoms with Crippen molar-refractivity contribution in [3.05, 3.63) is 0 Å². The van der Waals surface area contributed by atoms with E-state index in [-0.39, 0.29) is 0 Å². The lowest BCUT2D eigenvalue weighted by Gasteiger charge is -2.02. The minimum atomic E-state index is -0.900. The molecule has 0 aliphatic rings. The highest BCUT2D eigenvalue weighted by molar-refractivity contribution is 5.72. The molecule has 0 aromatic heterocycles. The third kappa shape index (κ3) is 15.8. The molecule has 0 fully saturated rings. The van der Waals surface area contributed by atoms with E-state index in [1.165, 1.54) is 0 Å². The first-order valence-corrected chi connectivity index (χ1v) is 5.69. The summed E-state index contributed by atoms with van der Waals surface area (Å²) in [5, 5.41) is 11.3. The molecule has 0 heterocycles. The summed E-state index contributed by atoms with van der Waals surface area (Å²) in [6.07, 6.45) is 2.49. The Morgan fingerprint density at radius 1 is 1.31 bits per heavy atom. The maximum absolute atomic E-state index is 10.1. The van der Waals surface area contributed by atoms with E-state index in [1.807, 2.05) is 6.92 Å². The topological polar surface area (TPSA) is 127 Å². The molecule has 0 rings (SSSR count). The van der Waals surface area contributed by atoms with Crippen LogP contribution >= 0.6 is 0 Å². The van der Waals surface area contributed by atoms with E-state index >= 15 is 0 Å². The molecule has 1 atom stereocenters. The first-order valence-electron chi connectivity index (χ1n) is 5.69. The van der Waals surface area contributed by atoms with Gasteiger partial charge in [0.2, 0.25) is 0 Å². The number of unbranched alkanes of at least 4 members (excludes halogenated alkanes) is 1. The van der Waals surface area contributed by atoms with Crippen LogP contribution in [0.15, 0.2) is 0 Å². The minimum Gasteiger partial charge on any atom is -0.480 e. The van der Waals surface area contributed by atoms with Gasteiger partial charge >= 0.3 is 5.97 Å². The zero-order valence-electron chi connectivity index (χ0n) is 10.1. The molecule has 0 amide bonds. The van der Waals surface area contributed by atoms with Crippen molar-refractivity contribution < 1.29 is 9.90 Å². The number of carboxylic acids is 1. The van der Waals surface area contributed by atoms with Gasteiger partial charge in [0.25, 0.3) is 0 Å². The second-order valence-electron chi connectivity index (χ2n) is 3.41. The predicted octanol–water partition coefficient (Wildman–Crippen LogP) is -0.918. The Bertz CT molecular complexity index is 152. The Balaban J connectivity index is 0. The molecule has 0 spiro atoms. The lowest BCUT2D eigenvalue weighted by atomic mass is 10.1. The molecule has 0 saturated carbocycles. The zero-order valence-corrected chi connectivity index (χ0v) is 10.1. The molecule has 98 valence electrons. The fourth-order valence-electron chi connectivity index (χ4n) is 0.877. The smallest absolute Gasteiger partial charge is 0.320 e. The van der Waals surface area contributed by atoms with Crippen LogP contribution < -0.4 is 22.5 Å². The highest BCUT2D eigenvalue weighted by Gasteiger charge is 2.08. The summed E-state index contributed by atoms with van der Waals surface area (Å²) in [5.74, 6) is -0.900. The summed E-state index contributed by atoms with van der Waals surface area (Å²) in [4.78, 5) is 10.1. The van der Waals surface area contributed by atoms with Gasteiger partial charge in [0.15, 0.2) is 0 Å². The molecule has 1 unspecified atom stereocenters. The molecule has 0 radical (unpaired) electrons. The van der Waals surface area contributed by atoms with Gasteiger partial charge in [-0.1, -0.05) is 19.8 Å². The Morgan fingerprint density at radius 3 is 2.12 bits per heavy atom. The lowest BCUT2D eigenvalue weighted by Crippen LogP contribution is -2.29. The molecular weight excluding hydrogens is 208 g/mol. The van der Waals surface area contributed by atoms with Crippen molar-refractivity contribution in [3.8, 4) is 0 Å². The molecule has 0 bridgehead atoms. The van der Waals surface area contributed by atoms with E-state index in [1.54, 1.807) is 0 Å². The average molecular weight is 234 g/mol. The Morgan fingerprint density at radius 2 is 1.81 bits per heavy atom. The highest BCUT2D eigenvalue weighted by atomic mass is 16.4. The van der Waals surface area contributed by atoms with Gasteiger partial charge in [-0.15, -0.1) is 0 Å². The maximum Gasteiger partial charge on any atom is 0.320 e. The summed E-state index contributed by atoms with van der Waals surface area (Å²) in [6.45, 7) is 5.14. The number of aliphatic carboxylic acids is 1. The normalized spacial score (nSPS) is 11.5. The fraction of sp³-hybridized carbons (Fsp3) is 0.900. The second kappa shape index (κ2) is 14.3. The van der Waals surface area contributed by atoms with E-state index in [9.17, 15) is 4.79 Å². The van der Waals surface area contributed by atoms with Crippen LogP contribution in [-0.4, -0.2) is 43.3 Å². The number of rotatable bonds is 8. The van der Waals surface area contributed by atoms with E-state index in [4.69, 9.17) is 22.3 Å².